The molecule has 2 aliphatic heterocycles. The van der Waals surface area contributed by atoms with Gasteiger partial charge in [0.25, 0.3) is 0 Å². The lowest BCUT2D eigenvalue weighted by atomic mass is 9.69. The molecule has 0 amide bonds. The van der Waals surface area contributed by atoms with Gasteiger partial charge in [-0.15, -0.1) is 0 Å². The summed E-state index contributed by atoms with van der Waals surface area (Å²) in [7, 11) is 0. The molecule has 0 bridgehead atoms. The molecular formula is C42H58F4O4. The maximum atomic E-state index is 14.4. The third-order valence-electron chi connectivity index (χ3n) is 12.4. The van der Waals surface area contributed by atoms with Crippen molar-refractivity contribution in [3.05, 3.63) is 46.5 Å². The third kappa shape index (κ3) is 9.04. The molecule has 2 aromatic rings. The standard InChI is InChI=1S/C24H34F2O2.C18H24F2O2/c1-15-3-8-18(9-4-15)19-11-6-17(7-12-19)14-27-21-13-20-10-5-16(2)28-24(20)23(26)22(21)25;1-11-3-6-13(7-4-11)10-21-15-9-14-8-5-12(2)22-18(14)17(20)16(15)19/h13,15-19H,3-12,14H2,1-2H3;9,11-13H,3-8,10H2,1-2H3. The molecular weight excluding hydrogens is 644 g/mol. The SMILES string of the molecule is CC1CCC(C2CCC(COc3cc4c(c(F)c3F)OC(C)CC4)CC2)CC1.CC1CCC(COc2cc3c(c(F)c2F)OC(C)CC3)CC1. The van der Waals surface area contributed by atoms with Gasteiger partial charge in [-0.05, 0) is 139 Å². The van der Waals surface area contributed by atoms with Crippen molar-refractivity contribution in [2.75, 3.05) is 13.2 Å². The summed E-state index contributed by atoms with van der Waals surface area (Å²) in [5, 5.41) is 0. The van der Waals surface area contributed by atoms with E-state index in [1.807, 2.05) is 13.8 Å². The fraction of sp³-hybridized carbons (Fsp3) is 0.714. The van der Waals surface area contributed by atoms with Crippen molar-refractivity contribution >= 4 is 0 Å². The Hall–Kier alpha value is -2.64. The van der Waals surface area contributed by atoms with E-state index in [0.29, 0.717) is 43.5 Å². The van der Waals surface area contributed by atoms with Gasteiger partial charge in [-0.2, -0.15) is 17.6 Å². The Kier molecular flexibility index (Phi) is 12.5. The second-order valence-corrected chi connectivity index (χ2v) is 16.5. The van der Waals surface area contributed by atoms with Gasteiger partial charge in [-0.25, -0.2) is 0 Å². The summed E-state index contributed by atoms with van der Waals surface area (Å²) in [6, 6.07) is 3.26. The Morgan fingerprint density at radius 1 is 0.500 bits per heavy atom. The molecule has 50 heavy (non-hydrogen) atoms. The number of halogens is 4. The Morgan fingerprint density at radius 2 is 0.860 bits per heavy atom. The molecule has 4 nitrogen and oxygen atoms in total. The van der Waals surface area contributed by atoms with Crippen LogP contribution in [0.5, 0.6) is 23.0 Å². The molecule has 2 heterocycles. The normalized spacial score (nSPS) is 30.8. The van der Waals surface area contributed by atoms with Crippen molar-refractivity contribution in [3.63, 3.8) is 0 Å². The van der Waals surface area contributed by atoms with E-state index in [1.165, 1.54) is 51.4 Å². The van der Waals surface area contributed by atoms with Crippen LogP contribution in [0, 0.1) is 58.8 Å². The second kappa shape index (κ2) is 16.8. The van der Waals surface area contributed by atoms with Gasteiger partial charge in [0.2, 0.25) is 23.3 Å². The summed E-state index contributed by atoms with van der Waals surface area (Å²) in [6.07, 6.45) is 17.9. The van der Waals surface area contributed by atoms with Gasteiger partial charge in [-0.1, -0.05) is 39.5 Å². The second-order valence-electron chi connectivity index (χ2n) is 16.5. The van der Waals surface area contributed by atoms with Crippen molar-refractivity contribution < 1.29 is 36.5 Å². The summed E-state index contributed by atoms with van der Waals surface area (Å²) in [4.78, 5) is 0. The Labute approximate surface area is 297 Å². The van der Waals surface area contributed by atoms with E-state index in [-0.39, 0.29) is 35.2 Å². The van der Waals surface area contributed by atoms with Crippen LogP contribution in [0.15, 0.2) is 12.1 Å². The average Bonchev–Trinajstić information content (AvgIpc) is 3.12. The van der Waals surface area contributed by atoms with Crippen LogP contribution >= 0.6 is 0 Å². The van der Waals surface area contributed by atoms with Gasteiger partial charge in [-0.3, -0.25) is 0 Å². The summed E-state index contributed by atoms with van der Waals surface area (Å²) in [5.41, 5.74) is 1.44. The van der Waals surface area contributed by atoms with Gasteiger partial charge >= 0.3 is 0 Å². The highest BCUT2D eigenvalue weighted by molar-refractivity contribution is 5.45. The number of fused-ring (bicyclic) bond motifs is 2. The molecule has 0 radical (unpaired) electrons. The van der Waals surface area contributed by atoms with Crippen molar-refractivity contribution in [1.29, 1.82) is 0 Å². The summed E-state index contributed by atoms with van der Waals surface area (Å²) in [6.45, 7) is 9.35. The number of hydrogen-bond donors (Lipinski definition) is 0. The maximum Gasteiger partial charge on any atom is 0.204 e. The van der Waals surface area contributed by atoms with Crippen LogP contribution in [0.3, 0.4) is 0 Å². The fourth-order valence-corrected chi connectivity index (χ4v) is 8.84. The highest BCUT2D eigenvalue weighted by Gasteiger charge is 2.32. The van der Waals surface area contributed by atoms with Gasteiger partial charge in [0.05, 0.1) is 25.4 Å². The lowest BCUT2D eigenvalue weighted by molar-refractivity contribution is 0.123. The minimum atomic E-state index is -0.919. The topological polar surface area (TPSA) is 36.9 Å². The maximum absolute atomic E-state index is 14.4. The van der Waals surface area contributed by atoms with E-state index in [4.69, 9.17) is 18.9 Å². The smallest absolute Gasteiger partial charge is 0.204 e. The molecule has 2 atom stereocenters. The minimum Gasteiger partial charge on any atom is -0.490 e. The van der Waals surface area contributed by atoms with Crippen molar-refractivity contribution in [1.82, 2.24) is 0 Å². The van der Waals surface area contributed by atoms with Crippen LogP contribution in [-0.4, -0.2) is 25.4 Å². The number of benzene rings is 2. The predicted molar refractivity (Wildman–Crippen MR) is 188 cm³/mol. The zero-order valence-electron chi connectivity index (χ0n) is 30.6. The molecule has 278 valence electrons. The molecule has 2 aromatic carbocycles. The van der Waals surface area contributed by atoms with Crippen LogP contribution in [-0.2, 0) is 12.8 Å². The molecule has 0 aromatic heterocycles. The Balaban J connectivity index is 0.000000178. The Morgan fingerprint density at radius 3 is 1.28 bits per heavy atom. The number of hydrogen-bond acceptors (Lipinski definition) is 4. The number of rotatable bonds is 7. The first kappa shape index (κ1) is 37.1. The molecule has 0 saturated heterocycles. The van der Waals surface area contributed by atoms with E-state index in [2.05, 4.69) is 13.8 Å². The first-order valence-electron chi connectivity index (χ1n) is 19.7. The van der Waals surface area contributed by atoms with E-state index in [9.17, 15) is 17.6 Å². The zero-order chi connectivity index (χ0) is 35.4. The molecule has 0 spiro atoms. The van der Waals surface area contributed by atoms with E-state index in [1.54, 1.807) is 12.1 Å². The molecule has 0 N–H and O–H groups in total. The van der Waals surface area contributed by atoms with Crippen LogP contribution in [0.1, 0.15) is 129 Å². The van der Waals surface area contributed by atoms with E-state index in [0.717, 1.165) is 67.8 Å². The summed E-state index contributed by atoms with van der Waals surface area (Å²) >= 11 is 0. The van der Waals surface area contributed by atoms with Crippen LogP contribution in [0.4, 0.5) is 17.6 Å². The van der Waals surface area contributed by atoms with Crippen molar-refractivity contribution in [3.8, 4) is 23.0 Å². The lowest BCUT2D eigenvalue weighted by Crippen LogP contribution is -2.27. The molecule has 5 aliphatic rings. The lowest BCUT2D eigenvalue weighted by Gasteiger charge is -2.37. The fourth-order valence-electron chi connectivity index (χ4n) is 8.84. The van der Waals surface area contributed by atoms with Crippen LogP contribution in [0.2, 0.25) is 0 Å². The molecule has 2 unspecified atom stereocenters. The van der Waals surface area contributed by atoms with Crippen molar-refractivity contribution in [2.45, 2.75) is 143 Å². The first-order chi connectivity index (χ1) is 24.0. The molecule has 3 fully saturated rings. The highest BCUT2D eigenvalue weighted by Crippen LogP contribution is 2.42. The number of aryl methyl sites for hydroxylation is 2. The van der Waals surface area contributed by atoms with Crippen LogP contribution in [0.25, 0.3) is 0 Å². The quantitative estimate of drug-likeness (QED) is 0.269. The third-order valence-corrected chi connectivity index (χ3v) is 12.4. The molecule has 8 heteroatoms. The van der Waals surface area contributed by atoms with E-state index < -0.39 is 23.3 Å². The summed E-state index contributed by atoms with van der Waals surface area (Å²) < 4.78 is 79.4. The largest absolute Gasteiger partial charge is 0.490 e. The average molecular weight is 703 g/mol. The van der Waals surface area contributed by atoms with Crippen molar-refractivity contribution in [2.24, 2.45) is 35.5 Å². The minimum absolute atomic E-state index is 0.0352. The molecule has 3 saturated carbocycles. The molecule has 7 rings (SSSR count). The van der Waals surface area contributed by atoms with E-state index >= 15 is 0 Å². The van der Waals surface area contributed by atoms with Crippen LogP contribution < -0.4 is 18.9 Å². The first-order valence-corrected chi connectivity index (χ1v) is 19.7. The van der Waals surface area contributed by atoms with Gasteiger partial charge in [0.1, 0.15) is 0 Å². The predicted octanol–water partition coefficient (Wildman–Crippen LogP) is 11.6. The molecule has 3 aliphatic carbocycles. The highest BCUT2D eigenvalue weighted by atomic mass is 19.2. The number of ether oxygens (including phenoxy) is 4. The summed E-state index contributed by atoms with van der Waals surface area (Å²) in [5.74, 6) is 0.954. The van der Waals surface area contributed by atoms with Gasteiger partial charge < -0.3 is 18.9 Å². The monoisotopic (exact) mass is 702 g/mol. The van der Waals surface area contributed by atoms with Gasteiger partial charge in [0, 0.05) is 11.1 Å². The Bertz CT molecular complexity index is 1420. The zero-order valence-corrected chi connectivity index (χ0v) is 30.6. The van der Waals surface area contributed by atoms with Gasteiger partial charge in [0.15, 0.2) is 23.0 Å².